The number of amides is 2. The summed E-state index contributed by atoms with van der Waals surface area (Å²) in [6, 6.07) is 9.51. The first-order chi connectivity index (χ1) is 13.8. The van der Waals surface area contributed by atoms with Gasteiger partial charge in [-0.05, 0) is 55.2 Å². The van der Waals surface area contributed by atoms with Crippen LogP contribution in [0.2, 0.25) is 0 Å². The zero-order chi connectivity index (χ0) is 20.9. The van der Waals surface area contributed by atoms with Crippen LogP contribution in [0.5, 0.6) is 0 Å². The number of benzene rings is 1. The molecule has 1 saturated heterocycles. The quantitative estimate of drug-likeness (QED) is 0.747. The number of pyridine rings is 1. The lowest BCUT2D eigenvalue weighted by atomic mass is 9.97. The van der Waals surface area contributed by atoms with E-state index in [9.17, 15) is 18.0 Å². The fourth-order valence-corrected chi connectivity index (χ4v) is 4.36. The van der Waals surface area contributed by atoms with Crippen molar-refractivity contribution in [2.45, 2.75) is 24.7 Å². The lowest BCUT2D eigenvalue weighted by molar-refractivity contribution is -0.114. The Balaban J connectivity index is 1.50. The van der Waals surface area contributed by atoms with Crippen molar-refractivity contribution in [3.8, 4) is 0 Å². The number of nitrogens with zero attached hydrogens (tertiary/aromatic N) is 2. The van der Waals surface area contributed by atoms with Crippen LogP contribution in [-0.4, -0.2) is 49.8 Å². The minimum Gasteiger partial charge on any atom is -0.339 e. The molecule has 9 heteroatoms. The average molecular weight is 417 g/mol. The predicted octanol–water partition coefficient (Wildman–Crippen LogP) is 1.87. The maximum atomic E-state index is 12.5. The molecule has 154 valence electrons. The molecule has 2 amide bonds. The summed E-state index contributed by atoms with van der Waals surface area (Å²) in [6.07, 6.45) is 4.65. The molecule has 2 aromatic rings. The first-order valence-electron chi connectivity index (χ1n) is 9.42. The molecule has 0 radical (unpaired) electrons. The third-order valence-electron chi connectivity index (χ3n) is 4.86. The van der Waals surface area contributed by atoms with E-state index in [0.717, 1.165) is 12.8 Å². The molecule has 1 aliphatic heterocycles. The van der Waals surface area contributed by atoms with Gasteiger partial charge in [0.15, 0.2) is 0 Å². The number of rotatable bonds is 6. The molecule has 2 heterocycles. The first kappa shape index (κ1) is 20.9. The Morgan fingerprint density at radius 3 is 2.41 bits per heavy atom. The van der Waals surface area contributed by atoms with Crippen molar-refractivity contribution in [3.05, 3.63) is 54.4 Å². The summed E-state index contributed by atoms with van der Waals surface area (Å²) < 4.78 is 27.6. The van der Waals surface area contributed by atoms with Crippen LogP contribution in [0.25, 0.3) is 0 Å². The molecule has 1 aromatic heterocycles. The second-order valence-electron chi connectivity index (χ2n) is 7.03. The van der Waals surface area contributed by atoms with Crippen molar-refractivity contribution < 1.29 is 18.0 Å². The van der Waals surface area contributed by atoms with Crippen LogP contribution in [-0.2, 0) is 14.8 Å². The Kier molecular flexibility index (Phi) is 6.60. The van der Waals surface area contributed by atoms with Crippen molar-refractivity contribution >= 4 is 27.5 Å². The van der Waals surface area contributed by atoms with E-state index in [4.69, 9.17) is 0 Å². The van der Waals surface area contributed by atoms with Crippen LogP contribution in [0.1, 0.15) is 30.1 Å². The van der Waals surface area contributed by atoms with E-state index >= 15 is 0 Å². The van der Waals surface area contributed by atoms with E-state index in [2.05, 4.69) is 15.0 Å². The molecule has 1 fully saturated rings. The zero-order valence-electron chi connectivity index (χ0n) is 16.2. The number of carbonyl (C=O) groups excluding carboxylic acids is 2. The first-order valence-corrected chi connectivity index (χ1v) is 10.9. The highest BCUT2D eigenvalue weighted by atomic mass is 32.2. The van der Waals surface area contributed by atoms with Gasteiger partial charge in [-0.2, -0.15) is 0 Å². The summed E-state index contributed by atoms with van der Waals surface area (Å²) in [4.78, 5) is 29.4. The fraction of sp³-hybridized carbons (Fsp3) is 0.350. The van der Waals surface area contributed by atoms with Gasteiger partial charge in [0, 0.05) is 44.6 Å². The third kappa shape index (κ3) is 5.61. The highest BCUT2D eigenvalue weighted by molar-refractivity contribution is 7.89. The summed E-state index contributed by atoms with van der Waals surface area (Å²) in [5.74, 6) is -0.0927. The van der Waals surface area contributed by atoms with Gasteiger partial charge >= 0.3 is 0 Å². The Bertz CT molecular complexity index is 954. The van der Waals surface area contributed by atoms with Crippen LogP contribution in [0.3, 0.4) is 0 Å². The molecule has 0 spiro atoms. The van der Waals surface area contributed by atoms with Gasteiger partial charge in [-0.15, -0.1) is 0 Å². The highest BCUT2D eigenvalue weighted by Crippen LogP contribution is 2.20. The maximum Gasteiger partial charge on any atom is 0.255 e. The minimum absolute atomic E-state index is 0.0450. The van der Waals surface area contributed by atoms with E-state index in [1.54, 1.807) is 41.6 Å². The van der Waals surface area contributed by atoms with Crippen molar-refractivity contribution in [1.82, 2.24) is 14.6 Å². The number of likely N-dealkylation sites (tertiary alicyclic amines) is 1. The Hall–Kier alpha value is -2.78. The van der Waals surface area contributed by atoms with Gasteiger partial charge in [-0.1, -0.05) is 0 Å². The number of anilines is 1. The molecule has 29 heavy (non-hydrogen) atoms. The summed E-state index contributed by atoms with van der Waals surface area (Å²) >= 11 is 0. The van der Waals surface area contributed by atoms with Gasteiger partial charge in [0.2, 0.25) is 15.9 Å². The molecule has 3 rings (SSSR count). The molecule has 0 saturated carbocycles. The zero-order valence-corrected chi connectivity index (χ0v) is 17.0. The van der Waals surface area contributed by atoms with Crippen molar-refractivity contribution in [2.75, 3.05) is 25.0 Å². The Morgan fingerprint density at radius 2 is 1.83 bits per heavy atom. The summed E-state index contributed by atoms with van der Waals surface area (Å²) in [7, 11) is -3.63. The van der Waals surface area contributed by atoms with E-state index in [-0.39, 0.29) is 22.6 Å². The predicted molar refractivity (Wildman–Crippen MR) is 109 cm³/mol. The summed E-state index contributed by atoms with van der Waals surface area (Å²) in [5.41, 5.74) is 1.11. The molecular formula is C20H24N4O4S. The fourth-order valence-electron chi connectivity index (χ4n) is 3.24. The molecular weight excluding hydrogens is 392 g/mol. The maximum absolute atomic E-state index is 12.5. The Labute approximate surface area is 170 Å². The molecule has 1 aliphatic rings. The van der Waals surface area contributed by atoms with Crippen LogP contribution < -0.4 is 10.0 Å². The molecule has 0 unspecified atom stereocenters. The Morgan fingerprint density at radius 1 is 1.14 bits per heavy atom. The summed E-state index contributed by atoms with van der Waals surface area (Å²) in [5, 5.41) is 2.60. The van der Waals surface area contributed by atoms with Crippen molar-refractivity contribution in [1.29, 1.82) is 0 Å². The summed E-state index contributed by atoms with van der Waals surface area (Å²) in [6.45, 7) is 2.89. The van der Waals surface area contributed by atoms with Crippen molar-refractivity contribution in [2.24, 2.45) is 5.92 Å². The minimum atomic E-state index is -3.63. The molecule has 8 nitrogen and oxygen atoms in total. The second kappa shape index (κ2) is 9.15. The largest absolute Gasteiger partial charge is 0.339 e. The van der Waals surface area contributed by atoms with E-state index in [0.29, 0.717) is 30.9 Å². The standard InChI is InChI=1S/C20H24N4O4S/c1-15(25)23-18-4-6-19(7-5-18)29(27,28)22-13-16-8-11-24(12-9-16)20(26)17-3-2-10-21-14-17/h2-7,10,14,16,22H,8-9,11-13H2,1H3,(H,23,25). The van der Waals surface area contributed by atoms with E-state index < -0.39 is 10.0 Å². The van der Waals surface area contributed by atoms with Gasteiger partial charge in [0.25, 0.3) is 5.91 Å². The molecule has 0 aliphatic carbocycles. The number of sulfonamides is 1. The lowest BCUT2D eigenvalue weighted by Gasteiger charge is -2.32. The normalized spacial score (nSPS) is 15.1. The van der Waals surface area contributed by atoms with Gasteiger partial charge in [-0.3, -0.25) is 14.6 Å². The van der Waals surface area contributed by atoms with Gasteiger partial charge in [0.05, 0.1) is 10.5 Å². The molecule has 0 atom stereocenters. The van der Waals surface area contributed by atoms with E-state index in [1.165, 1.54) is 19.1 Å². The van der Waals surface area contributed by atoms with Crippen LogP contribution in [0.15, 0.2) is 53.7 Å². The number of nitrogens with one attached hydrogen (secondary N) is 2. The SMILES string of the molecule is CC(=O)Nc1ccc(S(=O)(=O)NCC2CCN(C(=O)c3cccnc3)CC2)cc1. The van der Waals surface area contributed by atoms with Gasteiger partial charge < -0.3 is 10.2 Å². The van der Waals surface area contributed by atoms with E-state index in [1.807, 2.05) is 0 Å². The topological polar surface area (TPSA) is 108 Å². The molecule has 2 N–H and O–H groups in total. The van der Waals surface area contributed by atoms with Gasteiger partial charge in [-0.25, -0.2) is 13.1 Å². The number of hydrogen-bond donors (Lipinski definition) is 2. The molecule has 1 aromatic carbocycles. The van der Waals surface area contributed by atoms with Crippen LogP contribution in [0, 0.1) is 5.92 Å². The second-order valence-corrected chi connectivity index (χ2v) is 8.80. The van der Waals surface area contributed by atoms with Crippen molar-refractivity contribution in [3.63, 3.8) is 0 Å². The number of hydrogen-bond acceptors (Lipinski definition) is 5. The number of piperidine rings is 1. The number of carbonyl (C=O) groups is 2. The average Bonchev–Trinajstić information content (AvgIpc) is 2.73. The number of aromatic nitrogens is 1. The highest BCUT2D eigenvalue weighted by Gasteiger charge is 2.25. The molecule has 0 bridgehead atoms. The van der Waals surface area contributed by atoms with Crippen LogP contribution in [0.4, 0.5) is 5.69 Å². The third-order valence-corrected chi connectivity index (χ3v) is 6.30. The monoisotopic (exact) mass is 416 g/mol. The van der Waals surface area contributed by atoms with Gasteiger partial charge in [0.1, 0.15) is 0 Å². The smallest absolute Gasteiger partial charge is 0.255 e. The lowest BCUT2D eigenvalue weighted by Crippen LogP contribution is -2.41. The van der Waals surface area contributed by atoms with Crippen LogP contribution >= 0.6 is 0 Å².